The second-order valence-electron chi connectivity index (χ2n) is 6.30. The molecular formula is C16H25BrN2O3S. The molecule has 0 aliphatic heterocycles. The number of sulfonamides is 1. The number of hydrogen-bond acceptors (Lipinski definition) is 3. The molecule has 0 atom stereocenters. The van der Waals surface area contributed by atoms with Gasteiger partial charge in [0.15, 0.2) is 0 Å². The molecule has 0 saturated heterocycles. The molecule has 0 aliphatic rings. The van der Waals surface area contributed by atoms with Gasteiger partial charge in [0.2, 0.25) is 15.9 Å². The molecule has 1 aromatic rings. The third-order valence-electron chi connectivity index (χ3n) is 3.57. The Hall–Kier alpha value is -1.08. The number of benzene rings is 1. The lowest BCUT2D eigenvalue weighted by Crippen LogP contribution is -2.47. The highest BCUT2D eigenvalue weighted by Crippen LogP contribution is 2.27. The number of amides is 1. The Bertz CT molecular complexity index is 636. The van der Waals surface area contributed by atoms with Gasteiger partial charge in [-0.05, 0) is 39.9 Å². The molecule has 23 heavy (non-hydrogen) atoms. The van der Waals surface area contributed by atoms with E-state index in [9.17, 15) is 13.2 Å². The minimum Gasteiger partial charge on any atom is -0.351 e. The van der Waals surface area contributed by atoms with Crippen LogP contribution in [-0.4, -0.2) is 33.2 Å². The van der Waals surface area contributed by atoms with Gasteiger partial charge in [-0.2, -0.15) is 0 Å². The first kappa shape index (κ1) is 20.0. The molecule has 1 amide bonds. The second kappa shape index (κ2) is 8.15. The van der Waals surface area contributed by atoms with E-state index in [2.05, 4.69) is 21.2 Å². The van der Waals surface area contributed by atoms with Crippen LogP contribution in [0.4, 0.5) is 5.69 Å². The number of halogens is 1. The van der Waals surface area contributed by atoms with E-state index in [4.69, 9.17) is 0 Å². The number of carbonyl (C=O) groups excluding carboxylic acids is 1. The molecule has 0 radical (unpaired) electrons. The molecular weight excluding hydrogens is 380 g/mol. The fraction of sp³-hybridized carbons (Fsp3) is 0.562. The summed E-state index contributed by atoms with van der Waals surface area (Å²) in [5, 5.41) is 2.95. The van der Waals surface area contributed by atoms with E-state index in [0.29, 0.717) is 10.2 Å². The van der Waals surface area contributed by atoms with E-state index in [0.717, 1.165) is 10.6 Å². The molecule has 1 N–H and O–H groups in total. The van der Waals surface area contributed by atoms with Gasteiger partial charge in [0.25, 0.3) is 0 Å². The maximum absolute atomic E-state index is 12.4. The summed E-state index contributed by atoms with van der Waals surface area (Å²) in [6, 6.07) is 6.95. The zero-order chi connectivity index (χ0) is 17.8. The fourth-order valence-corrected chi connectivity index (χ4v) is 3.98. The summed E-state index contributed by atoms with van der Waals surface area (Å²) >= 11 is 3.34. The van der Waals surface area contributed by atoms with Crippen molar-refractivity contribution in [2.24, 2.45) is 11.8 Å². The molecule has 0 aromatic heterocycles. The molecule has 0 bridgehead atoms. The van der Waals surface area contributed by atoms with Crippen molar-refractivity contribution in [3.63, 3.8) is 0 Å². The zero-order valence-electron chi connectivity index (χ0n) is 14.2. The Kier molecular flexibility index (Phi) is 7.07. The maximum Gasteiger partial charge on any atom is 0.241 e. The highest BCUT2D eigenvalue weighted by molar-refractivity contribution is 9.10. The first-order valence-corrected chi connectivity index (χ1v) is 10.2. The van der Waals surface area contributed by atoms with Crippen LogP contribution in [0.25, 0.3) is 0 Å². The van der Waals surface area contributed by atoms with Crippen molar-refractivity contribution < 1.29 is 13.2 Å². The van der Waals surface area contributed by atoms with Crippen molar-refractivity contribution in [2.75, 3.05) is 17.1 Å². The summed E-state index contributed by atoms with van der Waals surface area (Å²) < 4.78 is 25.9. The van der Waals surface area contributed by atoms with Crippen LogP contribution in [0.15, 0.2) is 28.7 Å². The van der Waals surface area contributed by atoms with Crippen molar-refractivity contribution in [1.82, 2.24) is 5.32 Å². The SMILES string of the molecule is CC(C)C(NC(=O)CN(c1ccccc1Br)S(C)(=O)=O)C(C)C. The molecule has 0 fully saturated rings. The molecule has 7 heteroatoms. The molecule has 0 aliphatic carbocycles. The Morgan fingerprint density at radius 2 is 1.70 bits per heavy atom. The third kappa shape index (κ3) is 5.80. The minimum atomic E-state index is -3.57. The Labute approximate surface area is 147 Å². The Balaban J connectivity index is 3.00. The van der Waals surface area contributed by atoms with Gasteiger partial charge in [-0.1, -0.05) is 39.8 Å². The van der Waals surface area contributed by atoms with Gasteiger partial charge in [-0.15, -0.1) is 0 Å². The lowest BCUT2D eigenvalue weighted by Gasteiger charge is -2.28. The van der Waals surface area contributed by atoms with Crippen LogP contribution in [-0.2, 0) is 14.8 Å². The van der Waals surface area contributed by atoms with Gasteiger partial charge in [0.1, 0.15) is 6.54 Å². The van der Waals surface area contributed by atoms with Crippen LogP contribution >= 0.6 is 15.9 Å². The lowest BCUT2D eigenvalue weighted by atomic mass is 9.93. The van der Waals surface area contributed by atoms with E-state index >= 15 is 0 Å². The van der Waals surface area contributed by atoms with Gasteiger partial charge < -0.3 is 5.32 Å². The van der Waals surface area contributed by atoms with Crippen molar-refractivity contribution in [3.8, 4) is 0 Å². The van der Waals surface area contributed by atoms with E-state index in [1.165, 1.54) is 0 Å². The Morgan fingerprint density at radius 1 is 1.17 bits per heavy atom. The number of para-hydroxylation sites is 1. The van der Waals surface area contributed by atoms with Crippen LogP contribution in [0.2, 0.25) is 0 Å². The molecule has 0 unspecified atom stereocenters. The van der Waals surface area contributed by atoms with Crippen molar-refractivity contribution >= 4 is 37.5 Å². The molecule has 1 rings (SSSR count). The average Bonchev–Trinajstić information content (AvgIpc) is 2.41. The van der Waals surface area contributed by atoms with Crippen LogP contribution in [0.1, 0.15) is 27.7 Å². The molecule has 0 heterocycles. The van der Waals surface area contributed by atoms with Gasteiger partial charge >= 0.3 is 0 Å². The maximum atomic E-state index is 12.4. The first-order chi connectivity index (χ1) is 10.5. The number of rotatable bonds is 7. The van der Waals surface area contributed by atoms with Gasteiger partial charge in [0, 0.05) is 10.5 Å². The molecule has 130 valence electrons. The molecule has 0 spiro atoms. The van der Waals surface area contributed by atoms with Crippen molar-refractivity contribution in [2.45, 2.75) is 33.7 Å². The minimum absolute atomic E-state index is 0.00289. The number of nitrogens with one attached hydrogen (secondary N) is 1. The van der Waals surface area contributed by atoms with Crippen molar-refractivity contribution in [1.29, 1.82) is 0 Å². The van der Waals surface area contributed by atoms with E-state index in [-0.39, 0.29) is 30.3 Å². The van der Waals surface area contributed by atoms with Gasteiger partial charge in [-0.25, -0.2) is 8.42 Å². The number of nitrogens with zero attached hydrogens (tertiary/aromatic N) is 1. The van der Waals surface area contributed by atoms with E-state index < -0.39 is 10.0 Å². The summed E-state index contributed by atoms with van der Waals surface area (Å²) in [6.07, 6.45) is 1.10. The van der Waals surface area contributed by atoms with Crippen molar-refractivity contribution in [3.05, 3.63) is 28.7 Å². The van der Waals surface area contributed by atoms with Gasteiger partial charge in [0.05, 0.1) is 11.9 Å². The first-order valence-electron chi connectivity index (χ1n) is 7.55. The molecule has 0 saturated carbocycles. The normalized spacial score (nSPS) is 12.0. The van der Waals surface area contributed by atoms with Crippen LogP contribution in [0.5, 0.6) is 0 Å². The molecule has 5 nitrogen and oxygen atoms in total. The fourth-order valence-electron chi connectivity index (χ4n) is 2.50. The highest BCUT2D eigenvalue weighted by Gasteiger charge is 2.25. The summed E-state index contributed by atoms with van der Waals surface area (Å²) in [4.78, 5) is 12.4. The monoisotopic (exact) mass is 404 g/mol. The number of anilines is 1. The lowest BCUT2D eigenvalue weighted by molar-refractivity contribution is -0.121. The standard InChI is InChI=1S/C16H25BrN2O3S/c1-11(2)16(12(3)4)18-15(20)10-19(23(5,21)22)14-9-7-6-8-13(14)17/h6-9,11-12,16H,10H2,1-5H3,(H,18,20). The quantitative estimate of drug-likeness (QED) is 0.759. The third-order valence-corrected chi connectivity index (χ3v) is 5.37. The Morgan fingerprint density at radius 3 is 2.13 bits per heavy atom. The topological polar surface area (TPSA) is 66.5 Å². The second-order valence-corrected chi connectivity index (χ2v) is 9.06. The predicted molar refractivity (Wildman–Crippen MR) is 97.9 cm³/mol. The summed E-state index contributed by atoms with van der Waals surface area (Å²) in [5.74, 6) is 0.238. The smallest absolute Gasteiger partial charge is 0.241 e. The number of hydrogen-bond donors (Lipinski definition) is 1. The number of carbonyl (C=O) groups is 1. The van der Waals surface area contributed by atoms with Gasteiger partial charge in [-0.3, -0.25) is 9.10 Å². The summed E-state index contributed by atoms with van der Waals surface area (Å²) in [5.41, 5.74) is 0.454. The van der Waals surface area contributed by atoms with E-state index in [1.54, 1.807) is 24.3 Å². The predicted octanol–water partition coefficient (Wildman–Crippen LogP) is 3.01. The summed E-state index contributed by atoms with van der Waals surface area (Å²) in [7, 11) is -3.57. The molecule has 1 aromatic carbocycles. The van der Waals surface area contributed by atoms with Crippen LogP contribution in [0, 0.1) is 11.8 Å². The van der Waals surface area contributed by atoms with Crippen LogP contribution < -0.4 is 9.62 Å². The zero-order valence-corrected chi connectivity index (χ0v) is 16.6. The highest BCUT2D eigenvalue weighted by atomic mass is 79.9. The van der Waals surface area contributed by atoms with E-state index in [1.807, 2.05) is 27.7 Å². The largest absolute Gasteiger partial charge is 0.351 e. The van der Waals surface area contributed by atoms with Crippen LogP contribution in [0.3, 0.4) is 0 Å². The average molecular weight is 405 g/mol. The summed E-state index contributed by atoms with van der Waals surface area (Å²) in [6.45, 7) is 7.90.